The van der Waals surface area contributed by atoms with Gasteiger partial charge >= 0.3 is 0 Å². The van der Waals surface area contributed by atoms with Gasteiger partial charge in [-0.3, -0.25) is 4.79 Å². The Bertz CT molecular complexity index is 575. The molecule has 2 aromatic rings. The minimum Gasteiger partial charge on any atom is -0.337 e. The third-order valence-electron chi connectivity index (χ3n) is 3.22. The molecule has 0 atom stereocenters. The van der Waals surface area contributed by atoms with Gasteiger partial charge in [-0.25, -0.2) is 0 Å². The lowest BCUT2D eigenvalue weighted by atomic mass is 10.1. The normalized spacial score (nSPS) is 10.3. The smallest absolute Gasteiger partial charge is 0.253 e. The maximum Gasteiger partial charge on any atom is 0.253 e. The van der Waals surface area contributed by atoms with Crippen LogP contribution in [0.25, 0.3) is 0 Å². The Balaban J connectivity index is 2.04. The number of nitrogens with zero attached hydrogens (tertiary/aromatic N) is 1. The second-order valence-corrected chi connectivity index (χ2v) is 5.75. The molecule has 0 saturated heterocycles. The highest BCUT2D eigenvalue weighted by Crippen LogP contribution is 2.16. The topological polar surface area (TPSA) is 20.3 Å². The molecule has 0 aliphatic carbocycles. The van der Waals surface area contributed by atoms with E-state index in [-0.39, 0.29) is 5.91 Å². The molecule has 2 rings (SSSR count). The summed E-state index contributed by atoms with van der Waals surface area (Å²) < 4.78 is 0. The molecule has 1 amide bonds. The molecule has 104 valence electrons. The van der Waals surface area contributed by atoms with Gasteiger partial charge in [-0.2, -0.15) is 0 Å². The molecule has 0 aliphatic rings. The van der Waals surface area contributed by atoms with E-state index >= 15 is 0 Å². The van der Waals surface area contributed by atoms with Gasteiger partial charge in [0, 0.05) is 24.1 Å². The number of benzene rings is 2. The second-order valence-electron chi connectivity index (χ2n) is 4.88. The summed E-state index contributed by atoms with van der Waals surface area (Å²) in [6.07, 6.45) is 2.06. The molecule has 0 N–H and O–H groups in total. The predicted octanol–water partition coefficient (Wildman–Crippen LogP) is 3.99. The number of carbonyl (C=O) groups excluding carboxylic acids is 1. The van der Waals surface area contributed by atoms with Crippen LogP contribution in [0, 0.1) is 6.92 Å². The fourth-order valence-corrected chi connectivity index (χ4v) is 2.40. The molecule has 0 radical (unpaired) electrons. The van der Waals surface area contributed by atoms with E-state index in [2.05, 4.69) is 30.5 Å². The summed E-state index contributed by atoms with van der Waals surface area (Å²) in [6.45, 7) is 2.65. The van der Waals surface area contributed by atoms with Crippen LogP contribution in [0.4, 0.5) is 0 Å². The Morgan fingerprint density at radius 2 is 1.65 bits per heavy atom. The van der Waals surface area contributed by atoms with Crippen LogP contribution >= 0.6 is 11.8 Å². The average molecular weight is 285 g/mol. The molecule has 0 unspecified atom stereocenters. The number of hydrogen-bond donors (Lipinski definition) is 0. The van der Waals surface area contributed by atoms with Crippen LogP contribution in [0.3, 0.4) is 0 Å². The van der Waals surface area contributed by atoms with Gasteiger partial charge in [-0.05, 0) is 43.0 Å². The van der Waals surface area contributed by atoms with Gasteiger partial charge in [0.2, 0.25) is 0 Å². The first-order valence-corrected chi connectivity index (χ1v) is 7.77. The molecule has 0 aliphatic heterocycles. The van der Waals surface area contributed by atoms with E-state index in [0.717, 1.165) is 16.7 Å². The van der Waals surface area contributed by atoms with Crippen molar-refractivity contribution in [2.45, 2.75) is 18.4 Å². The zero-order valence-electron chi connectivity index (χ0n) is 12.1. The SMILES string of the molecule is CSc1ccc(CN(C)C(=O)c2ccc(C)cc2)cc1. The molecule has 20 heavy (non-hydrogen) atoms. The third-order valence-corrected chi connectivity index (χ3v) is 3.97. The average Bonchev–Trinajstić information content (AvgIpc) is 2.48. The van der Waals surface area contributed by atoms with Gasteiger partial charge in [-0.15, -0.1) is 11.8 Å². The molecule has 0 aromatic heterocycles. The quantitative estimate of drug-likeness (QED) is 0.792. The zero-order valence-corrected chi connectivity index (χ0v) is 12.9. The second kappa shape index (κ2) is 6.62. The highest BCUT2D eigenvalue weighted by atomic mass is 32.2. The molecule has 0 fully saturated rings. The van der Waals surface area contributed by atoms with E-state index in [1.54, 1.807) is 16.7 Å². The van der Waals surface area contributed by atoms with Crippen LogP contribution in [0.15, 0.2) is 53.4 Å². The minimum atomic E-state index is 0.0546. The van der Waals surface area contributed by atoms with Gasteiger partial charge in [0.1, 0.15) is 0 Å². The lowest BCUT2D eigenvalue weighted by Gasteiger charge is -2.17. The summed E-state index contributed by atoms with van der Waals surface area (Å²) >= 11 is 1.72. The number of rotatable bonds is 4. The van der Waals surface area contributed by atoms with Crippen LogP contribution in [-0.2, 0) is 6.54 Å². The molecule has 3 heteroatoms. The summed E-state index contributed by atoms with van der Waals surface area (Å²) in [4.78, 5) is 15.3. The summed E-state index contributed by atoms with van der Waals surface area (Å²) in [5.41, 5.74) is 3.04. The largest absolute Gasteiger partial charge is 0.337 e. The van der Waals surface area contributed by atoms with Crippen LogP contribution in [0.2, 0.25) is 0 Å². The van der Waals surface area contributed by atoms with E-state index in [9.17, 15) is 4.79 Å². The Morgan fingerprint density at radius 1 is 1.05 bits per heavy atom. The minimum absolute atomic E-state index is 0.0546. The molecule has 0 bridgehead atoms. The Labute approximate surface area is 124 Å². The standard InChI is InChI=1S/C17H19NOS/c1-13-4-8-15(9-5-13)17(19)18(2)12-14-6-10-16(20-3)11-7-14/h4-11H,12H2,1-3H3. The van der Waals surface area contributed by atoms with E-state index in [1.165, 1.54) is 4.90 Å². The van der Waals surface area contributed by atoms with Gasteiger partial charge < -0.3 is 4.90 Å². The maximum atomic E-state index is 12.3. The lowest BCUT2D eigenvalue weighted by Crippen LogP contribution is -2.26. The van der Waals surface area contributed by atoms with Crippen molar-refractivity contribution in [2.24, 2.45) is 0 Å². The fraction of sp³-hybridized carbons (Fsp3) is 0.235. The molecule has 0 saturated carbocycles. The molecular weight excluding hydrogens is 266 g/mol. The maximum absolute atomic E-state index is 12.3. The van der Waals surface area contributed by atoms with Crippen LogP contribution in [0.5, 0.6) is 0 Å². The van der Waals surface area contributed by atoms with Crippen molar-refractivity contribution >= 4 is 17.7 Å². The molecule has 2 nitrogen and oxygen atoms in total. The summed E-state index contributed by atoms with van der Waals surface area (Å²) in [5, 5.41) is 0. The number of hydrogen-bond acceptors (Lipinski definition) is 2. The van der Waals surface area contributed by atoms with Crippen LogP contribution < -0.4 is 0 Å². The first-order chi connectivity index (χ1) is 9.60. The van der Waals surface area contributed by atoms with Crippen LogP contribution in [-0.4, -0.2) is 24.1 Å². The predicted molar refractivity (Wildman–Crippen MR) is 85.2 cm³/mol. The van der Waals surface area contributed by atoms with Crippen molar-refractivity contribution in [1.82, 2.24) is 4.90 Å². The van der Waals surface area contributed by atoms with Crippen LogP contribution in [0.1, 0.15) is 21.5 Å². The first-order valence-electron chi connectivity index (χ1n) is 6.55. The van der Waals surface area contributed by atoms with E-state index in [4.69, 9.17) is 0 Å². The van der Waals surface area contributed by atoms with Gasteiger partial charge in [-0.1, -0.05) is 29.8 Å². The van der Waals surface area contributed by atoms with Crippen molar-refractivity contribution in [1.29, 1.82) is 0 Å². The highest BCUT2D eigenvalue weighted by molar-refractivity contribution is 7.98. The molecule has 2 aromatic carbocycles. The number of amides is 1. The third kappa shape index (κ3) is 3.64. The van der Waals surface area contributed by atoms with Crippen molar-refractivity contribution in [3.05, 3.63) is 65.2 Å². The Kier molecular flexibility index (Phi) is 4.85. The monoisotopic (exact) mass is 285 g/mol. The van der Waals surface area contributed by atoms with Gasteiger partial charge in [0.05, 0.1) is 0 Å². The number of carbonyl (C=O) groups is 1. The first kappa shape index (κ1) is 14.7. The van der Waals surface area contributed by atoms with Crippen molar-refractivity contribution < 1.29 is 4.79 Å². The molecule has 0 spiro atoms. The highest BCUT2D eigenvalue weighted by Gasteiger charge is 2.11. The van der Waals surface area contributed by atoms with E-state index < -0.39 is 0 Å². The van der Waals surface area contributed by atoms with Gasteiger partial charge in [0.25, 0.3) is 5.91 Å². The van der Waals surface area contributed by atoms with Crippen molar-refractivity contribution in [2.75, 3.05) is 13.3 Å². The van der Waals surface area contributed by atoms with Crippen molar-refractivity contribution in [3.63, 3.8) is 0 Å². The lowest BCUT2D eigenvalue weighted by molar-refractivity contribution is 0.0785. The fourth-order valence-electron chi connectivity index (χ4n) is 1.99. The van der Waals surface area contributed by atoms with E-state index in [0.29, 0.717) is 6.54 Å². The Hall–Kier alpha value is -1.74. The van der Waals surface area contributed by atoms with E-state index in [1.807, 2.05) is 38.2 Å². The van der Waals surface area contributed by atoms with Crippen molar-refractivity contribution in [3.8, 4) is 0 Å². The summed E-state index contributed by atoms with van der Waals surface area (Å²) in [6, 6.07) is 16.0. The molecular formula is C17H19NOS. The zero-order chi connectivity index (χ0) is 14.5. The van der Waals surface area contributed by atoms with Gasteiger partial charge in [0.15, 0.2) is 0 Å². The summed E-state index contributed by atoms with van der Waals surface area (Å²) in [5.74, 6) is 0.0546. The number of aryl methyl sites for hydroxylation is 1. The Morgan fingerprint density at radius 3 is 2.20 bits per heavy atom. The number of thioether (sulfide) groups is 1. The molecule has 0 heterocycles. The summed E-state index contributed by atoms with van der Waals surface area (Å²) in [7, 11) is 1.84.